The molecule has 37 heavy (non-hydrogen) atoms. The topological polar surface area (TPSA) is 137 Å². The predicted molar refractivity (Wildman–Crippen MR) is 145 cm³/mol. The zero-order valence-corrected chi connectivity index (χ0v) is 21.0. The lowest BCUT2D eigenvalue weighted by atomic mass is 10.0. The van der Waals surface area contributed by atoms with Gasteiger partial charge in [0, 0.05) is 23.9 Å². The molecule has 9 nitrogen and oxygen atoms in total. The minimum Gasteiger partial charge on any atom is -0.480 e. The molecule has 0 saturated heterocycles. The molecule has 192 valence electrons. The number of aliphatic imine (C=N–C) groups is 1. The second kappa shape index (κ2) is 12.5. The fourth-order valence-electron chi connectivity index (χ4n) is 3.85. The fraction of sp³-hybridized carbons (Fsp3) is 0.214. The first-order valence-corrected chi connectivity index (χ1v) is 12.0. The molecular weight excluding hydrogens is 470 g/mol. The minimum absolute atomic E-state index is 0.112. The summed E-state index contributed by atoms with van der Waals surface area (Å²) < 4.78 is 0. The number of likely N-dealkylation sites (N-methyl/N-ethyl adjacent to an activating group) is 1. The molecule has 9 heteroatoms. The third-order valence-electron chi connectivity index (χ3n) is 5.62. The van der Waals surface area contributed by atoms with Crippen LogP contribution in [0, 0.1) is 0 Å². The summed E-state index contributed by atoms with van der Waals surface area (Å²) in [6.07, 6.45) is -1.05. The van der Waals surface area contributed by atoms with Crippen LogP contribution < -0.4 is 21.3 Å². The van der Waals surface area contributed by atoms with E-state index in [4.69, 9.17) is 10.8 Å². The second-order valence-corrected chi connectivity index (χ2v) is 8.11. The van der Waals surface area contributed by atoms with Crippen LogP contribution in [0.3, 0.4) is 0 Å². The third kappa shape index (κ3) is 6.59. The van der Waals surface area contributed by atoms with Gasteiger partial charge in [0.2, 0.25) is 6.17 Å². The van der Waals surface area contributed by atoms with Gasteiger partial charge in [-0.3, -0.25) is 9.59 Å². The molecule has 0 aliphatic carbocycles. The summed E-state index contributed by atoms with van der Waals surface area (Å²) in [7, 11) is 1.65. The van der Waals surface area contributed by atoms with Gasteiger partial charge in [0.15, 0.2) is 0 Å². The first-order chi connectivity index (χ1) is 17.8. The maximum Gasteiger partial charge on any atom is 0.321 e. The molecule has 1 heterocycles. The molecule has 3 amide bonds. The molecule has 5 N–H and O–H groups in total. The van der Waals surface area contributed by atoms with Crippen LogP contribution in [-0.4, -0.2) is 48.0 Å². The number of nitrogens with two attached hydrogens (primary N) is 1. The number of carboxylic acid groups (broad SMARTS) is 1. The van der Waals surface area contributed by atoms with E-state index in [1.165, 1.54) is 4.90 Å². The van der Waals surface area contributed by atoms with Gasteiger partial charge in [0.1, 0.15) is 6.04 Å². The summed E-state index contributed by atoms with van der Waals surface area (Å²) in [5.41, 5.74) is 9.57. The maximum absolute atomic E-state index is 13.2. The first-order valence-electron chi connectivity index (χ1n) is 12.0. The van der Waals surface area contributed by atoms with Gasteiger partial charge < -0.3 is 26.4 Å². The van der Waals surface area contributed by atoms with Crippen molar-refractivity contribution in [1.82, 2.24) is 5.32 Å². The molecule has 1 aliphatic rings. The lowest BCUT2D eigenvalue weighted by Gasteiger charge is -2.21. The molecule has 3 aromatic carbocycles. The Bertz CT molecular complexity index is 1290. The zero-order valence-electron chi connectivity index (χ0n) is 21.0. The van der Waals surface area contributed by atoms with Gasteiger partial charge in [-0.2, -0.15) is 0 Å². The largest absolute Gasteiger partial charge is 0.480 e. The lowest BCUT2D eigenvalue weighted by Crippen LogP contribution is -2.47. The van der Waals surface area contributed by atoms with Crippen LogP contribution in [-0.2, 0) is 16.0 Å². The van der Waals surface area contributed by atoms with Crippen LogP contribution in [0.1, 0.15) is 30.5 Å². The number of fused-ring (bicyclic) bond motifs is 1. The number of aliphatic carboxylic acids is 1. The molecule has 1 unspecified atom stereocenters. The maximum atomic E-state index is 13.2. The highest BCUT2D eigenvalue weighted by atomic mass is 16.4. The van der Waals surface area contributed by atoms with Crippen molar-refractivity contribution in [2.24, 2.45) is 10.7 Å². The number of benzene rings is 3. The second-order valence-electron chi connectivity index (χ2n) is 8.11. The number of hydrogen-bond acceptors (Lipinski definition) is 5. The molecule has 0 spiro atoms. The van der Waals surface area contributed by atoms with Gasteiger partial charge in [-0.1, -0.05) is 74.5 Å². The Balaban J connectivity index is 0.00000186. The average molecular weight is 502 g/mol. The molecule has 3 aromatic rings. The minimum atomic E-state index is -1.16. The van der Waals surface area contributed by atoms with Crippen LogP contribution in [0.25, 0.3) is 0 Å². The van der Waals surface area contributed by atoms with E-state index >= 15 is 0 Å². The summed E-state index contributed by atoms with van der Waals surface area (Å²) >= 11 is 0. The Kier molecular flexibility index (Phi) is 9.12. The van der Waals surface area contributed by atoms with Gasteiger partial charge in [-0.05, 0) is 30.2 Å². The van der Waals surface area contributed by atoms with Crippen molar-refractivity contribution in [3.8, 4) is 0 Å². The van der Waals surface area contributed by atoms with Crippen molar-refractivity contribution in [2.45, 2.75) is 32.5 Å². The summed E-state index contributed by atoms with van der Waals surface area (Å²) in [6, 6.07) is 21.9. The highest BCUT2D eigenvalue weighted by Gasteiger charge is 2.31. The highest BCUT2D eigenvalue weighted by molar-refractivity contribution is 6.20. The third-order valence-corrected chi connectivity index (χ3v) is 5.62. The van der Waals surface area contributed by atoms with E-state index < -0.39 is 24.2 Å². The summed E-state index contributed by atoms with van der Waals surface area (Å²) in [5, 5.41) is 14.4. The van der Waals surface area contributed by atoms with E-state index in [9.17, 15) is 14.4 Å². The monoisotopic (exact) mass is 501 g/mol. The molecule has 2 atom stereocenters. The molecule has 0 aromatic heterocycles. The van der Waals surface area contributed by atoms with Crippen molar-refractivity contribution >= 4 is 35.0 Å². The molecule has 1 aliphatic heterocycles. The van der Waals surface area contributed by atoms with Crippen LogP contribution in [0.4, 0.5) is 16.2 Å². The number of carbonyl (C=O) groups excluding carboxylic acids is 2. The number of rotatable bonds is 6. The van der Waals surface area contributed by atoms with Crippen LogP contribution >= 0.6 is 0 Å². The van der Waals surface area contributed by atoms with E-state index in [1.54, 1.807) is 31.3 Å². The molecule has 0 radical (unpaired) electrons. The molecule has 0 saturated carbocycles. The van der Waals surface area contributed by atoms with Gasteiger partial charge in [0.05, 0.1) is 11.4 Å². The fourth-order valence-corrected chi connectivity index (χ4v) is 3.85. The Hall–Kier alpha value is -4.50. The highest BCUT2D eigenvalue weighted by Crippen LogP contribution is 2.27. The van der Waals surface area contributed by atoms with E-state index in [2.05, 4.69) is 15.6 Å². The van der Waals surface area contributed by atoms with Gasteiger partial charge in [-0.15, -0.1) is 0 Å². The van der Waals surface area contributed by atoms with Crippen LogP contribution in [0.5, 0.6) is 0 Å². The quantitative estimate of drug-likeness (QED) is 0.409. The number of benzodiazepines with no additional fused rings is 1. The van der Waals surface area contributed by atoms with Crippen molar-refractivity contribution < 1.29 is 19.5 Å². The van der Waals surface area contributed by atoms with Crippen LogP contribution in [0.2, 0.25) is 0 Å². The van der Waals surface area contributed by atoms with E-state index in [0.29, 0.717) is 22.6 Å². The Morgan fingerprint density at radius 1 is 1.03 bits per heavy atom. The number of urea groups is 1. The Morgan fingerprint density at radius 2 is 1.70 bits per heavy atom. The molecule has 0 fully saturated rings. The van der Waals surface area contributed by atoms with Crippen molar-refractivity contribution in [1.29, 1.82) is 0 Å². The average Bonchev–Trinajstić information content (AvgIpc) is 3.01. The van der Waals surface area contributed by atoms with E-state index in [-0.39, 0.29) is 12.3 Å². The van der Waals surface area contributed by atoms with E-state index in [0.717, 1.165) is 11.1 Å². The van der Waals surface area contributed by atoms with Gasteiger partial charge in [0.25, 0.3) is 5.91 Å². The number of anilines is 2. The van der Waals surface area contributed by atoms with Crippen molar-refractivity contribution in [3.63, 3.8) is 0 Å². The predicted octanol–water partition coefficient (Wildman–Crippen LogP) is 3.63. The number of nitrogens with one attached hydrogen (secondary N) is 2. The number of nitrogens with zero attached hydrogens (tertiary/aromatic N) is 2. The van der Waals surface area contributed by atoms with Gasteiger partial charge >= 0.3 is 12.0 Å². The van der Waals surface area contributed by atoms with E-state index in [1.807, 2.05) is 68.4 Å². The lowest BCUT2D eigenvalue weighted by molar-refractivity contribution is -0.138. The van der Waals surface area contributed by atoms with Gasteiger partial charge in [-0.25, -0.2) is 9.79 Å². The number of hydrogen-bond donors (Lipinski definition) is 4. The number of para-hydroxylation sites is 1. The smallest absolute Gasteiger partial charge is 0.321 e. The Morgan fingerprint density at radius 3 is 2.41 bits per heavy atom. The standard InChI is InChI=1S/C26H25N5O4.C2H6/c1-31-21-13-6-5-12-19(21)22(17-9-3-2-4-10-17)29-23(24(31)32)30-26(35)28-18-11-7-8-16(14-18)15-20(27)25(33)34;1-2/h2-14,20,23H,15,27H2,1H3,(H,33,34)(H2,28,30,35);1-2H3/t20?,23-;/m0./s1. The van der Waals surface area contributed by atoms with Crippen molar-refractivity contribution in [2.75, 3.05) is 17.3 Å². The number of carbonyl (C=O) groups is 3. The SMILES string of the molecule is CC.CN1C(=O)[C@H](NC(=O)Nc2cccc(CC(N)C(=O)O)c2)N=C(c2ccccc2)c2ccccc21. The zero-order chi connectivity index (χ0) is 26.9. The summed E-state index contributed by atoms with van der Waals surface area (Å²) in [5.74, 6) is -1.50. The molecule has 4 rings (SSSR count). The normalized spacial score (nSPS) is 15.2. The Labute approximate surface area is 216 Å². The molecule has 0 bridgehead atoms. The van der Waals surface area contributed by atoms with Crippen molar-refractivity contribution in [3.05, 3.63) is 95.6 Å². The van der Waals surface area contributed by atoms with Crippen LogP contribution in [0.15, 0.2) is 83.9 Å². The first kappa shape index (κ1) is 27.1. The molecular formula is C28H31N5O4. The number of carboxylic acids is 1. The number of amides is 3. The summed E-state index contributed by atoms with van der Waals surface area (Å²) in [4.78, 5) is 43.2. The summed E-state index contributed by atoms with van der Waals surface area (Å²) in [6.45, 7) is 4.00.